The first-order valence-electron chi connectivity index (χ1n) is 6.94. The van der Waals surface area contributed by atoms with E-state index in [1.807, 2.05) is 0 Å². The fourth-order valence-electron chi connectivity index (χ4n) is 3.79. The molecule has 1 N–H and O–H groups in total. The Hall–Kier alpha value is -0.340. The lowest BCUT2D eigenvalue weighted by Gasteiger charge is -2.43. The van der Waals surface area contributed by atoms with Gasteiger partial charge in [0.1, 0.15) is 0 Å². The van der Waals surface area contributed by atoms with Crippen molar-refractivity contribution >= 4 is 0 Å². The highest BCUT2D eigenvalue weighted by atomic mass is 16.3. The molecule has 16 heavy (non-hydrogen) atoms. The van der Waals surface area contributed by atoms with Crippen LogP contribution in [0.2, 0.25) is 0 Å². The molecule has 90 valence electrons. The predicted molar refractivity (Wildman–Crippen MR) is 65.3 cm³/mol. The van der Waals surface area contributed by atoms with Crippen molar-refractivity contribution < 1.29 is 5.11 Å². The van der Waals surface area contributed by atoms with Gasteiger partial charge in [-0.2, -0.15) is 0 Å². The van der Waals surface area contributed by atoms with Gasteiger partial charge in [-0.3, -0.25) is 0 Å². The molecule has 2 nitrogen and oxygen atoms in total. The van der Waals surface area contributed by atoms with E-state index in [0.29, 0.717) is 6.04 Å². The van der Waals surface area contributed by atoms with E-state index in [4.69, 9.17) is 0 Å². The van der Waals surface area contributed by atoms with Crippen LogP contribution in [-0.4, -0.2) is 34.7 Å². The van der Waals surface area contributed by atoms with Crippen LogP contribution in [-0.2, 0) is 0 Å². The number of aliphatic hydroxyl groups is 1. The molecule has 0 bridgehead atoms. The second-order valence-corrected chi connectivity index (χ2v) is 5.79. The highest BCUT2D eigenvalue weighted by Gasteiger charge is 2.42. The van der Waals surface area contributed by atoms with Gasteiger partial charge in [-0.05, 0) is 63.5 Å². The molecule has 3 rings (SSSR count). The van der Waals surface area contributed by atoms with Crippen LogP contribution in [0.3, 0.4) is 0 Å². The van der Waals surface area contributed by atoms with Crippen LogP contribution in [0.25, 0.3) is 0 Å². The van der Waals surface area contributed by atoms with Gasteiger partial charge in [0.25, 0.3) is 0 Å². The van der Waals surface area contributed by atoms with Crippen molar-refractivity contribution in [3.8, 4) is 0 Å². The monoisotopic (exact) mass is 221 g/mol. The summed E-state index contributed by atoms with van der Waals surface area (Å²) in [5.41, 5.74) is 0.927. The van der Waals surface area contributed by atoms with Crippen LogP contribution >= 0.6 is 0 Å². The minimum Gasteiger partial charge on any atom is -0.385 e. The van der Waals surface area contributed by atoms with E-state index in [1.54, 1.807) is 0 Å². The molecule has 0 aromatic rings. The molecule has 2 heterocycles. The quantitative estimate of drug-likeness (QED) is 0.688. The summed E-state index contributed by atoms with van der Waals surface area (Å²) in [5, 5.41) is 10.8. The maximum absolute atomic E-state index is 10.8. The van der Waals surface area contributed by atoms with Gasteiger partial charge >= 0.3 is 0 Å². The molecule has 2 unspecified atom stereocenters. The van der Waals surface area contributed by atoms with Crippen LogP contribution < -0.4 is 0 Å². The van der Waals surface area contributed by atoms with Gasteiger partial charge in [0.2, 0.25) is 0 Å². The molecule has 2 aliphatic heterocycles. The third kappa shape index (κ3) is 1.82. The highest BCUT2D eigenvalue weighted by Crippen LogP contribution is 2.40. The summed E-state index contributed by atoms with van der Waals surface area (Å²) in [6.07, 6.45) is 11.9. The summed E-state index contributed by atoms with van der Waals surface area (Å²) in [4.78, 5) is 2.58. The first-order chi connectivity index (χ1) is 7.78. The van der Waals surface area contributed by atoms with Crippen LogP contribution in [0.4, 0.5) is 0 Å². The molecule has 2 atom stereocenters. The first kappa shape index (κ1) is 10.8. The third-order valence-corrected chi connectivity index (χ3v) is 4.77. The van der Waals surface area contributed by atoms with E-state index < -0.39 is 5.60 Å². The Kier molecular flexibility index (Phi) is 2.80. The predicted octanol–water partition coefficient (Wildman–Crippen LogP) is 2.48. The fraction of sp³-hybridized carbons (Fsp3) is 0.857. The maximum atomic E-state index is 10.8. The van der Waals surface area contributed by atoms with Crippen molar-refractivity contribution in [2.45, 2.75) is 63.0 Å². The normalized spacial score (nSPS) is 40.6. The van der Waals surface area contributed by atoms with Crippen molar-refractivity contribution in [2.24, 2.45) is 0 Å². The summed E-state index contributed by atoms with van der Waals surface area (Å²) >= 11 is 0. The van der Waals surface area contributed by atoms with Crippen LogP contribution in [0, 0.1) is 0 Å². The zero-order valence-corrected chi connectivity index (χ0v) is 10.1. The highest BCUT2D eigenvalue weighted by molar-refractivity contribution is 5.21. The van der Waals surface area contributed by atoms with Gasteiger partial charge in [0.05, 0.1) is 5.60 Å². The standard InChI is InChI=1S/C14H23NO/c16-14(12-5-2-1-3-6-12)8-10-15-9-4-7-13(15)11-14/h5,13,16H,1-4,6-11H2. The Morgan fingerprint density at radius 2 is 2.19 bits per heavy atom. The van der Waals surface area contributed by atoms with E-state index in [0.717, 1.165) is 25.8 Å². The first-order valence-corrected chi connectivity index (χ1v) is 6.94. The van der Waals surface area contributed by atoms with Gasteiger partial charge < -0.3 is 10.0 Å². The second-order valence-electron chi connectivity index (χ2n) is 5.79. The average Bonchev–Trinajstić information content (AvgIpc) is 2.77. The molecule has 0 spiro atoms. The Labute approximate surface area is 98.3 Å². The zero-order chi connectivity index (χ0) is 11.0. The summed E-state index contributed by atoms with van der Waals surface area (Å²) in [6, 6.07) is 0.668. The van der Waals surface area contributed by atoms with Gasteiger partial charge in [0, 0.05) is 12.6 Å². The lowest BCUT2D eigenvalue weighted by molar-refractivity contribution is -0.0104. The van der Waals surface area contributed by atoms with Crippen molar-refractivity contribution in [1.82, 2.24) is 4.90 Å². The number of fused-ring (bicyclic) bond motifs is 1. The molecular weight excluding hydrogens is 198 g/mol. The smallest absolute Gasteiger partial charge is 0.0883 e. The van der Waals surface area contributed by atoms with Crippen molar-refractivity contribution in [2.75, 3.05) is 13.1 Å². The largest absolute Gasteiger partial charge is 0.385 e. The topological polar surface area (TPSA) is 23.5 Å². The zero-order valence-electron chi connectivity index (χ0n) is 10.1. The number of allylic oxidation sites excluding steroid dienone is 1. The van der Waals surface area contributed by atoms with Gasteiger partial charge in [-0.15, -0.1) is 0 Å². The van der Waals surface area contributed by atoms with E-state index in [-0.39, 0.29) is 0 Å². The van der Waals surface area contributed by atoms with Gasteiger partial charge in [-0.25, -0.2) is 0 Å². The van der Waals surface area contributed by atoms with E-state index in [1.165, 1.54) is 44.2 Å². The summed E-state index contributed by atoms with van der Waals surface area (Å²) in [6.45, 7) is 2.37. The molecule has 2 saturated heterocycles. The summed E-state index contributed by atoms with van der Waals surface area (Å²) < 4.78 is 0. The van der Waals surface area contributed by atoms with Gasteiger partial charge in [-0.1, -0.05) is 6.08 Å². The minimum atomic E-state index is -0.439. The summed E-state index contributed by atoms with van der Waals surface area (Å²) in [7, 11) is 0. The molecule has 2 fully saturated rings. The molecule has 3 aliphatic rings. The number of nitrogens with zero attached hydrogens (tertiary/aromatic N) is 1. The second kappa shape index (κ2) is 4.15. The Balaban J connectivity index is 1.75. The molecular formula is C14H23NO. The van der Waals surface area contributed by atoms with E-state index in [9.17, 15) is 5.11 Å². The van der Waals surface area contributed by atoms with Crippen molar-refractivity contribution in [3.05, 3.63) is 11.6 Å². The molecule has 0 radical (unpaired) electrons. The van der Waals surface area contributed by atoms with Crippen LogP contribution in [0.1, 0.15) is 51.4 Å². The van der Waals surface area contributed by atoms with Gasteiger partial charge in [0.15, 0.2) is 0 Å². The SMILES string of the molecule is OC1(C2=CCCCC2)CCN2CCCC2C1. The molecule has 1 aliphatic carbocycles. The molecule has 0 amide bonds. The number of piperidine rings is 1. The average molecular weight is 221 g/mol. The van der Waals surface area contributed by atoms with E-state index in [2.05, 4.69) is 11.0 Å². The van der Waals surface area contributed by atoms with E-state index >= 15 is 0 Å². The molecule has 0 aromatic heterocycles. The Morgan fingerprint density at radius 3 is 3.00 bits per heavy atom. The Bertz CT molecular complexity index is 299. The molecule has 2 heteroatoms. The number of rotatable bonds is 1. The lowest BCUT2D eigenvalue weighted by atomic mass is 9.77. The van der Waals surface area contributed by atoms with Crippen LogP contribution in [0.5, 0.6) is 0 Å². The minimum absolute atomic E-state index is 0.439. The van der Waals surface area contributed by atoms with Crippen molar-refractivity contribution in [1.29, 1.82) is 0 Å². The lowest BCUT2D eigenvalue weighted by Crippen LogP contribution is -2.48. The summed E-state index contributed by atoms with van der Waals surface area (Å²) in [5.74, 6) is 0. The van der Waals surface area contributed by atoms with Crippen molar-refractivity contribution in [3.63, 3.8) is 0 Å². The Morgan fingerprint density at radius 1 is 1.25 bits per heavy atom. The number of hydrogen-bond donors (Lipinski definition) is 1. The third-order valence-electron chi connectivity index (χ3n) is 4.77. The van der Waals surface area contributed by atoms with Crippen LogP contribution in [0.15, 0.2) is 11.6 Å². The maximum Gasteiger partial charge on any atom is 0.0883 e. The molecule has 0 aromatic carbocycles. The molecule has 0 saturated carbocycles. The number of hydrogen-bond acceptors (Lipinski definition) is 2. The fourth-order valence-corrected chi connectivity index (χ4v) is 3.79.